The number of nitrogens with zero attached hydrogens (tertiary/aromatic N) is 7. The van der Waals surface area contributed by atoms with Crippen LogP contribution in [0.25, 0.3) is 5.69 Å². The molecule has 1 aliphatic heterocycles. The van der Waals surface area contributed by atoms with Crippen LogP contribution >= 0.6 is 0 Å². The Labute approximate surface area is 151 Å². The number of carbonyl (C=O) groups is 1. The molecule has 4 rings (SSSR count). The summed E-state index contributed by atoms with van der Waals surface area (Å²) in [4.78, 5) is 14.7. The van der Waals surface area contributed by atoms with E-state index >= 15 is 0 Å². The molecule has 1 atom stereocenters. The van der Waals surface area contributed by atoms with E-state index in [0.717, 1.165) is 37.1 Å². The number of likely N-dealkylation sites (N-methyl/N-ethyl adjacent to an activating group) is 1. The number of carbonyl (C=O) groups excluding carboxylic acids is 1. The number of benzene rings is 1. The average molecular weight is 351 g/mol. The average Bonchev–Trinajstić information content (AvgIpc) is 3.31. The SMILES string of the molecule is CN(Cc1ccc(-n2cccn2)cc1)C(=O)C1CCCCn2nnnc21. The quantitative estimate of drug-likeness (QED) is 0.716. The molecule has 0 fully saturated rings. The molecule has 1 aromatic carbocycles. The maximum atomic E-state index is 13.0. The van der Waals surface area contributed by atoms with E-state index in [2.05, 4.69) is 20.6 Å². The standard InChI is InChI=1S/C18H21N7O/c1-23(13-14-6-8-15(9-7-14)24-12-4-10-19-24)18(26)16-5-2-3-11-25-17(16)20-21-22-25/h4,6-10,12,16H,2-3,5,11,13H2,1H3. The summed E-state index contributed by atoms with van der Waals surface area (Å²) in [5.74, 6) is 0.494. The van der Waals surface area contributed by atoms with Crippen molar-refractivity contribution in [1.29, 1.82) is 0 Å². The second kappa shape index (κ2) is 7.07. The maximum absolute atomic E-state index is 13.0. The van der Waals surface area contributed by atoms with E-state index in [4.69, 9.17) is 0 Å². The number of amides is 1. The summed E-state index contributed by atoms with van der Waals surface area (Å²) in [6.45, 7) is 1.33. The van der Waals surface area contributed by atoms with Gasteiger partial charge in [0.25, 0.3) is 0 Å². The summed E-state index contributed by atoms with van der Waals surface area (Å²) in [5.41, 5.74) is 2.07. The number of fused-ring (bicyclic) bond motifs is 1. The first-order chi connectivity index (χ1) is 12.7. The Bertz CT molecular complexity index is 869. The number of aryl methyl sites for hydroxylation is 1. The molecule has 0 saturated carbocycles. The minimum Gasteiger partial charge on any atom is -0.341 e. The van der Waals surface area contributed by atoms with Crippen molar-refractivity contribution < 1.29 is 4.79 Å². The van der Waals surface area contributed by atoms with Crippen LogP contribution in [0.5, 0.6) is 0 Å². The third-order valence-corrected chi connectivity index (χ3v) is 4.78. The Morgan fingerprint density at radius 3 is 2.88 bits per heavy atom. The molecule has 1 amide bonds. The van der Waals surface area contributed by atoms with Gasteiger partial charge >= 0.3 is 0 Å². The number of aromatic nitrogens is 6. The normalized spacial score (nSPS) is 16.7. The van der Waals surface area contributed by atoms with Crippen molar-refractivity contribution in [2.75, 3.05) is 7.05 Å². The zero-order chi connectivity index (χ0) is 17.9. The van der Waals surface area contributed by atoms with Gasteiger partial charge in [-0.25, -0.2) is 9.36 Å². The molecule has 0 saturated heterocycles. The van der Waals surface area contributed by atoms with Crippen molar-refractivity contribution >= 4 is 5.91 Å². The molecular formula is C18H21N7O. The van der Waals surface area contributed by atoms with Crippen LogP contribution in [0.4, 0.5) is 0 Å². The van der Waals surface area contributed by atoms with E-state index in [-0.39, 0.29) is 11.8 Å². The summed E-state index contributed by atoms with van der Waals surface area (Å²) in [7, 11) is 1.84. The van der Waals surface area contributed by atoms with Gasteiger partial charge in [0.15, 0.2) is 5.82 Å². The molecule has 0 N–H and O–H groups in total. The fourth-order valence-electron chi connectivity index (χ4n) is 3.39. The van der Waals surface area contributed by atoms with Crippen LogP contribution in [-0.4, -0.2) is 47.8 Å². The van der Waals surface area contributed by atoms with Crippen LogP contribution < -0.4 is 0 Å². The van der Waals surface area contributed by atoms with Crippen molar-refractivity contribution in [2.24, 2.45) is 0 Å². The lowest BCUT2D eigenvalue weighted by atomic mass is 10.0. The smallest absolute Gasteiger partial charge is 0.233 e. The van der Waals surface area contributed by atoms with Gasteiger partial charge in [-0.3, -0.25) is 4.79 Å². The highest BCUT2D eigenvalue weighted by atomic mass is 16.2. The molecular weight excluding hydrogens is 330 g/mol. The lowest BCUT2D eigenvalue weighted by Gasteiger charge is -2.22. The lowest BCUT2D eigenvalue weighted by Crippen LogP contribution is -2.32. The van der Waals surface area contributed by atoms with Crippen LogP contribution in [0.1, 0.15) is 36.6 Å². The van der Waals surface area contributed by atoms with Crippen molar-refractivity contribution in [3.8, 4) is 5.69 Å². The zero-order valence-corrected chi connectivity index (χ0v) is 14.7. The van der Waals surface area contributed by atoms with Crippen LogP contribution in [0, 0.1) is 0 Å². The van der Waals surface area contributed by atoms with E-state index in [1.54, 1.807) is 15.8 Å². The minimum absolute atomic E-state index is 0.0686. The Morgan fingerprint density at radius 2 is 2.12 bits per heavy atom. The number of hydrogen-bond donors (Lipinski definition) is 0. The summed E-state index contributed by atoms with van der Waals surface area (Å²) in [6.07, 6.45) is 6.44. The second-order valence-corrected chi connectivity index (χ2v) is 6.62. The molecule has 26 heavy (non-hydrogen) atoms. The van der Waals surface area contributed by atoms with E-state index in [1.807, 2.05) is 48.3 Å². The van der Waals surface area contributed by atoms with Gasteiger partial charge in [0.2, 0.25) is 5.91 Å². The van der Waals surface area contributed by atoms with Gasteiger partial charge in [-0.15, -0.1) is 5.10 Å². The van der Waals surface area contributed by atoms with Gasteiger partial charge < -0.3 is 4.90 Å². The first-order valence-electron chi connectivity index (χ1n) is 8.82. The lowest BCUT2D eigenvalue weighted by molar-refractivity contribution is -0.132. The highest BCUT2D eigenvalue weighted by Crippen LogP contribution is 2.26. The van der Waals surface area contributed by atoms with Crippen LogP contribution in [-0.2, 0) is 17.9 Å². The van der Waals surface area contributed by atoms with Gasteiger partial charge in [0.1, 0.15) is 0 Å². The monoisotopic (exact) mass is 351 g/mol. The highest BCUT2D eigenvalue weighted by molar-refractivity contribution is 5.82. The Kier molecular flexibility index (Phi) is 4.47. The fraction of sp³-hybridized carbons (Fsp3) is 0.389. The molecule has 134 valence electrons. The van der Waals surface area contributed by atoms with Crippen LogP contribution in [0.3, 0.4) is 0 Å². The first-order valence-corrected chi connectivity index (χ1v) is 8.82. The summed E-state index contributed by atoms with van der Waals surface area (Å²) < 4.78 is 3.58. The Hall–Kier alpha value is -3.03. The molecule has 0 radical (unpaired) electrons. The molecule has 0 aliphatic carbocycles. The van der Waals surface area contributed by atoms with Gasteiger partial charge in [0, 0.05) is 32.5 Å². The van der Waals surface area contributed by atoms with Gasteiger partial charge in [-0.05, 0) is 47.0 Å². The van der Waals surface area contributed by atoms with Crippen molar-refractivity contribution in [3.63, 3.8) is 0 Å². The Balaban J connectivity index is 1.46. The Morgan fingerprint density at radius 1 is 1.27 bits per heavy atom. The molecule has 3 aromatic rings. The fourth-order valence-corrected chi connectivity index (χ4v) is 3.39. The summed E-state index contributed by atoms with van der Waals surface area (Å²) >= 11 is 0. The van der Waals surface area contributed by atoms with Crippen molar-refractivity contribution in [3.05, 3.63) is 54.1 Å². The molecule has 1 aliphatic rings. The topological polar surface area (TPSA) is 81.7 Å². The number of hydrogen-bond acceptors (Lipinski definition) is 5. The van der Waals surface area contributed by atoms with Crippen molar-refractivity contribution in [2.45, 2.75) is 38.3 Å². The highest BCUT2D eigenvalue weighted by Gasteiger charge is 2.30. The second-order valence-electron chi connectivity index (χ2n) is 6.62. The third-order valence-electron chi connectivity index (χ3n) is 4.78. The molecule has 3 heterocycles. The van der Waals surface area contributed by atoms with E-state index in [1.165, 1.54) is 0 Å². The van der Waals surface area contributed by atoms with Gasteiger partial charge in [-0.2, -0.15) is 5.10 Å². The molecule has 1 unspecified atom stereocenters. The zero-order valence-electron chi connectivity index (χ0n) is 14.7. The largest absolute Gasteiger partial charge is 0.341 e. The van der Waals surface area contributed by atoms with E-state index in [9.17, 15) is 4.79 Å². The minimum atomic E-state index is -0.263. The predicted octanol–water partition coefficient (Wildman–Crippen LogP) is 1.78. The van der Waals surface area contributed by atoms with Gasteiger partial charge in [0.05, 0.1) is 11.6 Å². The molecule has 0 spiro atoms. The molecule has 2 aromatic heterocycles. The molecule has 0 bridgehead atoms. The molecule has 8 heteroatoms. The third kappa shape index (κ3) is 3.22. The summed E-state index contributed by atoms with van der Waals surface area (Å²) in [6, 6.07) is 9.95. The predicted molar refractivity (Wildman–Crippen MR) is 94.4 cm³/mol. The van der Waals surface area contributed by atoms with E-state index in [0.29, 0.717) is 12.4 Å². The van der Waals surface area contributed by atoms with Gasteiger partial charge in [-0.1, -0.05) is 18.6 Å². The maximum Gasteiger partial charge on any atom is 0.233 e. The number of rotatable bonds is 4. The van der Waals surface area contributed by atoms with Crippen LogP contribution in [0.2, 0.25) is 0 Å². The first kappa shape index (κ1) is 16.4. The van der Waals surface area contributed by atoms with Crippen LogP contribution in [0.15, 0.2) is 42.7 Å². The van der Waals surface area contributed by atoms with E-state index < -0.39 is 0 Å². The molecule has 8 nitrogen and oxygen atoms in total. The van der Waals surface area contributed by atoms with Crippen molar-refractivity contribution in [1.82, 2.24) is 34.9 Å². The summed E-state index contributed by atoms with van der Waals surface area (Å²) in [5, 5.41) is 16.1. The number of tetrazole rings is 1.